The number of hydrogen-bond donors (Lipinski definition) is 0. The van der Waals surface area contributed by atoms with Gasteiger partial charge in [-0.25, -0.2) is 12.8 Å². The molecule has 0 unspecified atom stereocenters. The molecule has 0 aliphatic heterocycles. The SMILES string of the molecule is CC(=O)c1cc(F)cc(S(C)(=O)=O)c1. The third-order valence-electron chi connectivity index (χ3n) is 1.71. The molecule has 76 valence electrons. The van der Waals surface area contributed by atoms with E-state index < -0.39 is 15.7 Å². The maximum atomic E-state index is 12.9. The number of carbonyl (C=O) groups excluding carboxylic acids is 1. The number of sulfone groups is 1. The Morgan fingerprint density at radius 3 is 2.29 bits per heavy atom. The number of carbonyl (C=O) groups is 1. The minimum absolute atomic E-state index is 0.0606. The molecular weight excluding hydrogens is 207 g/mol. The molecule has 0 saturated heterocycles. The normalized spacial score (nSPS) is 11.4. The minimum atomic E-state index is -3.47. The summed E-state index contributed by atoms with van der Waals surface area (Å²) in [6.45, 7) is 1.25. The number of benzene rings is 1. The average molecular weight is 216 g/mol. The van der Waals surface area contributed by atoms with Crippen molar-refractivity contribution in [3.8, 4) is 0 Å². The highest BCUT2D eigenvalue weighted by molar-refractivity contribution is 7.90. The number of ketones is 1. The number of Topliss-reactive ketones (excluding diaryl/α,β-unsaturated/α-hetero) is 1. The van der Waals surface area contributed by atoms with Gasteiger partial charge in [0.25, 0.3) is 0 Å². The second-order valence-electron chi connectivity index (χ2n) is 3.00. The lowest BCUT2D eigenvalue weighted by molar-refractivity contribution is 0.101. The van der Waals surface area contributed by atoms with Gasteiger partial charge in [0.05, 0.1) is 4.90 Å². The zero-order valence-electron chi connectivity index (χ0n) is 7.74. The van der Waals surface area contributed by atoms with Crippen LogP contribution < -0.4 is 0 Å². The van der Waals surface area contributed by atoms with Crippen LogP contribution in [0.15, 0.2) is 23.1 Å². The summed E-state index contributed by atoms with van der Waals surface area (Å²) in [6.07, 6.45) is 0.964. The van der Waals surface area contributed by atoms with Crippen LogP contribution in [0.5, 0.6) is 0 Å². The summed E-state index contributed by atoms with van der Waals surface area (Å²) < 4.78 is 35.1. The number of halogens is 1. The average Bonchev–Trinajstić information content (AvgIpc) is 2.01. The van der Waals surface area contributed by atoms with Crippen molar-refractivity contribution in [3.05, 3.63) is 29.6 Å². The molecule has 0 amide bonds. The van der Waals surface area contributed by atoms with Crippen LogP contribution >= 0.6 is 0 Å². The first-order chi connectivity index (χ1) is 6.30. The number of hydrogen-bond acceptors (Lipinski definition) is 3. The molecule has 0 aromatic heterocycles. The van der Waals surface area contributed by atoms with E-state index in [9.17, 15) is 17.6 Å². The minimum Gasteiger partial charge on any atom is -0.295 e. The van der Waals surface area contributed by atoms with Gasteiger partial charge in [-0.3, -0.25) is 4.79 Å². The predicted molar refractivity (Wildman–Crippen MR) is 49.5 cm³/mol. The summed E-state index contributed by atoms with van der Waals surface area (Å²) in [5, 5.41) is 0. The third kappa shape index (κ3) is 2.38. The lowest BCUT2D eigenvalue weighted by atomic mass is 10.1. The summed E-state index contributed by atoms with van der Waals surface area (Å²) in [4.78, 5) is 10.7. The molecule has 0 saturated carbocycles. The van der Waals surface area contributed by atoms with Crippen molar-refractivity contribution >= 4 is 15.6 Å². The molecule has 0 aliphatic rings. The maximum absolute atomic E-state index is 12.9. The molecule has 0 bridgehead atoms. The lowest BCUT2D eigenvalue weighted by Crippen LogP contribution is -2.01. The molecule has 0 spiro atoms. The highest BCUT2D eigenvalue weighted by Crippen LogP contribution is 2.14. The van der Waals surface area contributed by atoms with Gasteiger partial charge in [-0.05, 0) is 25.1 Å². The van der Waals surface area contributed by atoms with E-state index in [2.05, 4.69) is 0 Å². The summed E-state index contributed by atoms with van der Waals surface area (Å²) in [7, 11) is -3.47. The van der Waals surface area contributed by atoms with Crippen molar-refractivity contribution in [1.82, 2.24) is 0 Å². The Kier molecular flexibility index (Phi) is 2.71. The first-order valence-corrected chi connectivity index (χ1v) is 5.71. The Morgan fingerprint density at radius 2 is 1.86 bits per heavy atom. The monoisotopic (exact) mass is 216 g/mol. The van der Waals surface area contributed by atoms with E-state index >= 15 is 0 Å². The van der Waals surface area contributed by atoms with Crippen molar-refractivity contribution in [2.75, 3.05) is 6.26 Å². The standard InChI is InChI=1S/C9H9FO3S/c1-6(11)7-3-8(10)5-9(4-7)14(2,12)13/h3-5H,1-2H3. The van der Waals surface area contributed by atoms with Gasteiger partial charge in [0, 0.05) is 11.8 Å². The van der Waals surface area contributed by atoms with Gasteiger partial charge in [0.15, 0.2) is 15.6 Å². The highest BCUT2D eigenvalue weighted by Gasteiger charge is 2.11. The van der Waals surface area contributed by atoms with Crippen molar-refractivity contribution in [2.45, 2.75) is 11.8 Å². The Balaban J connectivity index is 3.43. The highest BCUT2D eigenvalue weighted by atomic mass is 32.2. The van der Waals surface area contributed by atoms with Gasteiger partial charge < -0.3 is 0 Å². The zero-order chi connectivity index (χ0) is 10.9. The molecule has 0 N–H and O–H groups in total. The van der Waals surface area contributed by atoms with Gasteiger partial charge in [0.1, 0.15) is 5.82 Å². The first kappa shape index (κ1) is 10.8. The van der Waals surface area contributed by atoms with Crippen LogP contribution in [0.1, 0.15) is 17.3 Å². The fourth-order valence-electron chi connectivity index (χ4n) is 0.980. The van der Waals surface area contributed by atoms with Crippen molar-refractivity contribution in [3.63, 3.8) is 0 Å². The van der Waals surface area contributed by atoms with E-state index in [-0.39, 0.29) is 16.2 Å². The first-order valence-electron chi connectivity index (χ1n) is 3.82. The van der Waals surface area contributed by atoms with E-state index in [0.29, 0.717) is 0 Å². The van der Waals surface area contributed by atoms with Crippen molar-refractivity contribution < 1.29 is 17.6 Å². The fourth-order valence-corrected chi connectivity index (χ4v) is 1.65. The van der Waals surface area contributed by atoms with E-state index in [1.807, 2.05) is 0 Å². The Labute approximate surface area is 81.5 Å². The Morgan fingerprint density at radius 1 is 1.29 bits per heavy atom. The molecule has 0 heterocycles. The molecule has 0 atom stereocenters. The van der Waals surface area contributed by atoms with Crippen molar-refractivity contribution in [1.29, 1.82) is 0 Å². The van der Waals surface area contributed by atoms with Crippen LogP contribution in [0.4, 0.5) is 4.39 Å². The summed E-state index contributed by atoms with van der Waals surface area (Å²) in [5.41, 5.74) is 0.0606. The fraction of sp³-hybridized carbons (Fsp3) is 0.222. The van der Waals surface area contributed by atoms with Gasteiger partial charge in [0.2, 0.25) is 0 Å². The molecule has 3 nitrogen and oxygen atoms in total. The lowest BCUT2D eigenvalue weighted by Gasteiger charge is -2.01. The molecule has 0 radical (unpaired) electrons. The van der Waals surface area contributed by atoms with Crippen LogP contribution in [-0.4, -0.2) is 20.5 Å². The van der Waals surface area contributed by atoms with Crippen LogP contribution in [0, 0.1) is 5.82 Å². The van der Waals surface area contributed by atoms with Gasteiger partial charge in [-0.2, -0.15) is 0 Å². The van der Waals surface area contributed by atoms with Gasteiger partial charge in [-0.1, -0.05) is 0 Å². The van der Waals surface area contributed by atoms with Crippen LogP contribution in [0.3, 0.4) is 0 Å². The molecule has 5 heteroatoms. The smallest absolute Gasteiger partial charge is 0.175 e. The van der Waals surface area contributed by atoms with Crippen LogP contribution in [0.2, 0.25) is 0 Å². The molecule has 1 rings (SSSR count). The Bertz CT molecular complexity index is 477. The zero-order valence-corrected chi connectivity index (χ0v) is 8.56. The van der Waals surface area contributed by atoms with E-state index in [0.717, 1.165) is 18.4 Å². The van der Waals surface area contributed by atoms with E-state index in [1.54, 1.807) is 0 Å². The maximum Gasteiger partial charge on any atom is 0.175 e. The summed E-state index contributed by atoms with van der Waals surface area (Å²) in [5.74, 6) is -1.09. The molecular formula is C9H9FO3S. The van der Waals surface area contributed by atoms with E-state index in [4.69, 9.17) is 0 Å². The van der Waals surface area contributed by atoms with Gasteiger partial charge >= 0.3 is 0 Å². The van der Waals surface area contributed by atoms with Crippen LogP contribution in [-0.2, 0) is 9.84 Å². The van der Waals surface area contributed by atoms with E-state index in [1.165, 1.54) is 13.0 Å². The number of rotatable bonds is 2. The molecule has 14 heavy (non-hydrogen) atoms. The second-order valence-corrected chi connectivity index (χ2v) is 5.02. The summed E-state index contributed by atoms with van der Waals surface area (Å²) >= 11 is 0. The second kappa shape index (κ2) is 3.49. The quantitative estimate of drug-likeness (QED) is 0.703. The Hall–Kier alpha value is -1.23. The molecule has 0 aliphatic carbocycles. The van der Waals surface area contributed by atoms with Crippen molar-refractivity contribution in [2.24, 2.45) is 0 Å². The van der Waals surface area contributed by atoms with Gasteiger partial charge in [-0.15, -0.1) is 0 Å². The predicted octanol–water partition coefficient (Wildman–Crippen LogP) is 1.43. The largest absolute Gasteiger partial charge is 0.295 e. The molecule has 1 aromatic rings. The summed E-state index contributed by atoms with van der Waals surface area (Å²) in [6, 6.07) is 3.07. The van der Waals surface area contributed by atoms with Crippen LogP contribution in [0.25, 0.3) is 0 Å². The topological polar surface area (TPSA) is 51.2 Å². The molecule has 0 fully saturated rings. The molecule has 1 aromatic carbocycles. The third-order valence-corrected chi connectivity index (χ3v) is 2.80.